The lowest BCUT2D eigenvalue weighted by molar-refractivity contribution is -0.137. The fourth-order valence-corrected chi connectivity index (χ4v) is 3.47. The molecule has 1 atom stereocenters. The molecule has 1 aliphatic heterocycles. The van der Waals surface area contributed by atoms with Crippen molar-refractivity contribution in [3.8, 4) is 0 Å². The van der Waals surface area contributed by atoms with Crippen LogP contribution in [0, 0.1) is 0 Å². The summed E-state index contributed by atoms with van der Waals surface area (Å²) in [5, 5.41) is 3.10. The summed E-state index contributed by atoms with van der Waals surface area (Å²) in [6.07, 6.45) is -4.52. The van der Waals surface area contributed by atoms with Crippen LogP contribution >= 0.6 is 11.6 Å². The number of carbonyl (C=O) groups excluding carboxylic acids is 1. The van der Waals surface area contributed by atoms with E-state index in [2.05, 4.69) is 10.2 Å². The molecule has 8 heteroatoms. The fraction of sp³-hybridized carbons (Fsp3) is 0.350. The van der Waals surface area contributed by atoms with Crippen molar-refractivity contribution in [1.82, 2.24) is 4.90 Å². The molecule has 1 fully saturated rings. The largest absolute Gasteiger partial charge is 0.418 e. The van der Waals surface area contributed by atoms with Gasteiger partial charge < -0.3 is 10.2 Å². The molecule has 0 bridgehead atoms. The molecule has 1 heterocycles. The number of nitrogens with zero attached hydrogens (tertiary/aromatic N) is 2. The van der Waals surface area contributed by atoms with Crippen molar-refractivity contribution in [3.63, 3.8) is 0 Å². The van der Waals surface area contributed by atoms with E-state index in [0.717, 1.165) is 11.8 Å². The van der Waals surface area contributed by atoms with Crippen molar-refractivity contribution in [1.29, 1.82) is 0 Å². The van der Waals surface area contributed by atoms with Gasteiger partial charge in [0.15, 0.2) is 0 Å². The summed E-state index contributed by atoms with van der Waals surface area (Å²) in [5.74, 6) is -0.451. The average molecular weight is 412 g/mol. The number of halogens is 4. The van der Waals surface area contributed by atoms with Crippen molar-refractivity contribution < 1.29 is 18.0 Å². The van der Waals surface area contributed by atoms with Gasteiger partial charge in [-0.2, -0.15) is 13.2 Å². The number of benzene rings is 2. The van der Waals surface area contributed by atoms with Crippen LogP contribution in [0.1, 0.15) is 12.5 Å². The highest BCUT2D eigenvalue weighted by Gasteiger charge is 2.34. The molecule has 1 aliphatic rings. The molecule has 2 aromatic rings. The minimum absolute atomic E-state index is 0.218. The minimum atomic E-state index is -4.52. The van der Waals surface area contributed by atoms with E-state index in [-0.39, 0.29) is 5.69 Å². The lowest BCUT2D eigenvalue weighted by Crippen LogP contribution is -2.52. The van der Waals surface area contributed by atoms with Crippen LogP contribution in [0.15, 0.2) is 48.5 Å². The Bertz CT molecular complexity index is 835. The van der Waals surface area contributed by atoms with Gasteiger partial charge in [-0.05, 0) is 37.3 Å². The van der Waals surface area contributed by atoms with E-state index in [0.29, 0.717) is 31.2 Å². The van der Waals surface area contributed by atoms with Gasteiger partial charge >= 0.3 is 6.18 Å². The number of hydrogen-bond donors (Lipinski definition) is 1. The molecule has 1 unspecified atom stereocenters. The van der Waals surface area contributed by atoms with Gasteiger partial charge in [0.2, 0.25) is 5.91 Å². The summed E-state index contributed by atoms with van der Waals surface area (Å²) < 4.78 is 39.3. The van der Waals surface area contributed by atoms with E-state index >= 15 is 0 Å². The second-order valence-electron chi connectivity index (χ2n) is 6.71. The minimum Gasteiger partial charge on any atom is -0.369 e. The van der Waals surface area contributed by atoms with Gasteiger partial charge in [-0.15, -0.1) is 0 Å². The van der Waals surface area contributed by atoms with Gasteiger partial charge in [0.25, 0.3) is 0 Å². The second-order valence-corrected chi connectivity index (χ2v) is 7.15. The molecular formula is C20H21ClF3N3O. The van der Waals surface area contributed by atoms with Crippen molar-refractivity contribution in [3.05, 3.63) is 59.1 Å². The van der Waals surface area contributed by atoms with E-state index in [9.17, 15) is 18.0 Å². The van der Waals surface area contributed by atoms with Crippen molar-refractivity contribution >= 4 is 28.9 Å². The number of nitrogens with one attached hydrogen (secondary N) is 1. The number of alkyl halides is 3. The number of carbonyl (C=O) groups is 1. The molecule has 1 amide bonds. The maximum absolute atomic E-state index is 13.1. The van der Waals surface area contributed by atoms with Gasteiger partial charge in [-0.3, -0.25) is 9.69 Å². The molecule has 1 saturated heterocycles. The molecule has 0 aromatic heterocycles. The summed E-state index contributed by atoms with van der Waals surface area (Å²) >= 11 is 6.04. The highest BCUT2D eigenvalue weighted by Crippen LogP contribution is 2.34. The first-order valence-electron chi connectivity index (χ1n) is 8.97. The van der Waals surface area contributed by atoms with Gasteiger partial charge in [0.05, 0.1) is 17.3 Å². The first-order valence-corrected chi connectivity index (χ1v) is 9.35. The van der Waals surface area contributed by atoms with Crippen molar-refractivity contribution in [2.45, 2.75) is 19.1 Å². The van der Waals surface area contributed by atoms with Crippen LogP contribution in [-0.4, -0.2) is 43.0 Å². The van der Waals surface area contributed by atoms with Crippen molar-refractivity contribution in [2.24, 2.45) is 0 Å². The monoisotopic (exact) mass is 411 g/mol. The molecule has 0 saturated carbocycles. The standard InChI is InChI=1S/C20H21ClF3N3O/c1-14(19(28)25-18-8-3-2-7-17(18)20(22,23)24)26-9-11-27(12-10-26)16-6-4-5-15(21)13-16/h2-8,13-14H,9-12H2,1H3,(H,25,28). The molecule has 2 aromatic carbocycles. The number of amides is 1. The molecule has 150 valence electrons. The maximum Gasteiger partial charge on any atom is 0.418 e. The third-order valence-corrected chi connectivity index (χ3v) is 5.14. The number of anilines is 2. The molecule has 0 spiro atoms. The number of hydrogen-bond acceptors (Lipinski definition) is 3. The highest BCUT2D eigenvalue weighted by atomic mass is 35.5. The van der Waals surface area contributed by atoms with Gasteiger partial charge in [-0.1, -0.05) is 29.8 Å². The third kappa shape index (κ3) is 4.77. The average Bonchev–Trinajstić information content (AvgIpc) is 2.67. The number of piperazine rings is 1. The first-order chi connectivity index (χ1) is 13.3. The van der Waals surface area contributed by atoms with Crippen LogP contribution in [0.25, 0.3) is 0 Å². The summed E-state index contributed by atoms with van der Waals surface area (Å²) in [7, 11) is 0. The van der Waals surface area contributed by atoms with E-state index in [1.165, 1.54) is 18.2 Å². The lowest BCUT2D eigenvalue weighted by Gasteiger charge is -2.38. The van der Waals surface area contributed by atoms with Crippen LogP contribution in [0.4, 0.5) is 24.5 Å². The molecule has 0 radical (unpaired) electrons. The highest BCUT2D eigenvalue weighted by molar-refractivity contribution is 6.30. The number of para-hydroxylation sites is 1. The molecule has 28 heavy (non-hydrogen) atoms. The Morgan fingerprint density at radius 2 is 1.75 bits per heavy atom. The van der Waals surface area contributed by atoms with E-state index in [1.807, 2.05) is 29.2 Å². The fourth-order valence-electron chi connectivity index (χ4n) is 3.28. The predicted octanol–water partition coefficient (Wildman–Crippen LogP) is 4.51. The zero-order valence-corrected chi connectivity index (χ0v) is 16.1. The van der Waals surface area contributed by atoms with Crippen LogP contribution in [0.2, 0.25) is 5.02 Å². The van der Waals surface area contributed by atoms with E-state index < -0.39 is 23.7 Å². The Morgan fingerprint density at radius 1 is 1.07 bits per heavy atom. The maximum atomic E-state index is 13.1. The zero-order valence-electron chi connectivity index (χ0n) is 15.3. The van der Waals surface area contributed by atoms with Crippen molar-refractivity contribution in [2.75, 3.05) is 36.4 Å². The molecule has 3 rings (SSSR count). The Morgan fingerprint density at radius 3 is 2.39 bits per heavy atom. The Balaban J connectivity index is 1.61. The van der Waals surface area contributed by atoms with Gasteiger partial charge in [0, 0.05) is 36.9 Å². The summed E-state index contributed by atoms with van der Waals surface area (Å²) in [6.45, 7) is 4.37. The molecule has 0 aliphatic carbocycles. The third-order valence-electron chi connectivity index (χ3n) is 4.91. The topological polar surface area (TPSA) is 35.6 Å². The normalized spacial score (nSPS) is 16.7. The molecular weight excluding hydrogens is 391 g/mol. The van der Waals surface area contributed by atoms with E-state index in [4.69, 9.17) is 11.6 Å². The quantitative estimate of drug-likeness (QED) is 0.804. The van der Waals surface area contributed by atoms with Crippen LogP contribution in [-0.2, 0) is 11.0 Å². The van der Waals surface area contributed by atoms with E-state index in [1.54, 1.807) is 6.92 Å². The van der Waals surface area contributed by atoms with Gasteiger partial charge in [0.1, 0.15) is 0 Å². The van der Waals surface area contributed by atoms with Crippen LogP contribution < -0.4 is 10.2 Å². The summed E-state index contributed by atoms with van der Waals surface area (Å²) in [6, 6.07) is 12.0. The Kier molecular flexibility index (Phi) is 6.15. The summed E-state index contributed by atoms with van der Waals surface area (Å²) in [4.78, 5) is 16.7. The van der Waals surface area contributed by atoms with Crippen LogP contribution in [0.3, 0.4) is 0 Å². The summed E-state index contributed by atoms with van der Waals surface area (Å²) in [5.41, 5.74) is -0.0471. The zero-order chi connectivity index (χ0) is 20.3. The Labute approximate surface area is 166 Å². The smallest absolute Gasteiger partial charge is 0.369 e. The number of rotatable bonds is 4. The lowest BCUT2D eigenvalue weighted by atomic mass is 10.1. The second kappa shape index (κ2) is 8.41. The Hall–Kier alpha value is -2.25. The first kappa shape index (κ1) is 20.5. The molecule has 1 N–H and O–H groups in total. The predicted molar refractivity (Wildman–Crippen MR) is 105 cm³/mol. The molecule has 4 nitrogen and oxygen atoms in total. The van der Waals surface area contributed by atoms with Gasteiger partial charge in [-0.25, -0.2) is 0 Å². The SMILES string of the molecule is CC(C(=O)Nc1ccccc1C(F)(F)F)N1CCN(c2cccc(Cl)c2)CC1. The van der Waals surface area contributed by atoms with Crippen LogP contribution in [0.5, 0.6) is 0 Å².